The van der Waals surface area contributed by atoms with E-state index in [4.69, 9.17) is 9.84 Å². The van der Waals surface area contributed by atoms with Crippen molar-refractivity contribution < 1.29 is 19.4 Å². The molecule has 2 N–H and O–H groups in total. The van der Waals surface area contributed by atoms with Gasteiger partial charge in [0, 0.05) is 33.5 Å². The number of carboxylic acids is 1. The molecule has 1 aromatic heterocycles. The van der Waals surface area contributed by atoms with Gasteiger partial charge >= 0.3 is 5.97 Å². The van der Waals surface area contributed by atoms with E-state index in [1.54, 1.807) is 12.1 Å². The number of aliphatic imine (C=N–C) groups is 1. The maximum absolute atomic E-state index is 13.5. The first-order chi connectivity index (χ1) is 14.3. The predicted molar refractivity (Wildman–Crippen MR) is 115 cm³/mol. The van der Waals surface area contributed by atoms with Gasteiger partial charge in [0.05, 0.1) is 24.8 Å². The Morgan fingerprint density at radius 2 is 2.07 bits per heavy atom. The van der Waals surface area contributed by atoms with Gasteiger partial charge in [-0.25, -0.2) is 4.79 Å². The first-order valence-corrected chi connectivity index (χ1v) is 9.37. The molecule has 0 amide bonds. The van der Waals surface area contributed by atoms with E-state index in [9.17, 15) is 9.59 Å². The van der Waals surface area contributed by atoms with Crippen molar-refractivity contribution in [1.29, 1.82) is 0 Å². The number of methoxy groups -OCH3 is 1. The van der Waals surface area contributed by atoms with E-state index in [1.807, 2.05) is 32.0 Å². The average molecular weight is 400 g/mol. The number of ether oxygens (including phenoxy) is 1. The molecule has 0 bridgehead atoms. The van der Waals surface area contributed by atoms with Crippen LogP contribution in [0.4, 0.5) is 0 Å². The van der Waals surface area contributed by atoms with Gasteiger partial charge in [-0.3, -0.25) is 9.79 Å². The van der Waals surface area contributed by atoms with Crippen LogP contribution in [-0.2, 0) is 16.8 Å². The second kappa shape index (κ2) is 6.89. The molecule has 30 heavy (non-hydrogen) atoms. The van der Waals surface area contributed by atoms with Crippen molar-refractivity contribution in [3.05, 3.63) is 63.8 Å². The van der Waals surface area contributed by atoms with E-state index in [1.165, 1.54) is 7.11 Å². The van der Waals surface area contributed by atoms with Gasteiger partial charge in [0.1, 0.15) is 5.75 Å². The normalized spacial score (nSPS) is 13.8. The lowest BCUT2D eigenvalue weighted by Crippen LogP contribution is -2.30. The summed E-state index contributed by atoms with van der Waals surface area (Å²) in [7, 11) is 1.49. The van der Waals surface area contributed by atoms with E-state index in [2.05, 4.69) is 28.5 Å². The maximum Gasteiger partial charge on any atom is 0.382 e. The van der Waals surface area contributed by atoms with Crippen LogP contribution in [0.2, 0.25) is 0 Å². The minimum absolute atomic E-state index is 0.124. The average Bonchev–Trinajstić information content (AvgIpc) is 3.10. The molecule has 150 valence electrons. The zero-order valence-corrected chi connectivity index (χ0v) is 16.9. The summed E-state index contributed by atoms with van der Waals surface area (Å²) in [4.78, 5) is 31.8. The molecular weight excluding hydrogens is 380 g/mol. The molecule has 0 atom stereocenters. The highest BCUT2D eigenvalue weighted by molar-refractivity contribution is 6.20. The van der Waals surface area contributed by atoms with Crippen molar-refractivity contribution in [2.75, 3.05) is 7.11 Å². The van der Waals surface area contributed by atoms with Gasteiger partial charge in [-0.1, -0.05) is 31.9 Å². The number of hydrogen-bond acceptors (Lipinski definition) is 4. The lowest BCUT2D eigenvalue weighted by molar-refractivity contribution is -0.130. The van der Waals surface area contributed by atoms with Crippen LogP contribution in [0.25, 0.3) is 10.9 Å². The smallest absolute Gasteiger partial charge is 0.382 e. The summed E-state index contributed by atoms with van der Waals surface area (Å²) in [5.74, 6) is 3.75. The van der Waals surface area contributed by atoms with E-state index < -0.39 is 11.4 Å². The number of aromatic amines is 1. The Morgan fingerprint density at radius 1 is 1.30 bits per heavy atom. The van der Waals surface area contributed by atoms with Gasteiger partial charge in [-0.05, 0) is 36.0 Å². The number of fused-ring (bicyclic) bond motifs is 4. The van der Waals surface area contributed by atoms with Crippen LogP contribution in [0.15, 0.2) is 35.3 Å². The Labute approximate surface area is 173 Å². The Hall–Kier alpha value is -3.85. The minimum Gasteiger partial charge on any atom is -0.495 e. The molecule has 0 unspecified atom stereocenters. The van der Waals surface area contributed by atoms with Crippen molar-refractivity contribution in [2.24, 2.45) is 4.99 Å². The van der Waals surface area contributed by atoms with Crippen LogP contribution in [-0.4, -0.2) is 35.7 Å². The molecule has 0 radical (unpaired) electrons. The van der Waals surface area contributed by atoms with Crippen LogP contribution < -0.4 is 4.74 Å². The van der Waals surface area contributed by atoms with Crippen LogP contribution in [0.1, 0.15) is 52.2 Å². The lowest BCUT2D eigenvalue weighted by Gasteiger charge is -2.32. The van der Waals surface area contributed by atoms with Crippen molar-refractivity contribution in [2.45, 2.75) is 25.8 Å². The second-order valence-corrected chi connectivity index (χ2v) is 7.74. The predicted octanol–water partition coefficient (Wildman–Crippen LogP) is 3.68. The van der Waals surface area contributed by atoms with Gasteiger partial charge in [0.2, 0.25) is 0 Å². The summed E-state index contributed by atoms with van der Waals surface area (Å²) >= 11 is 0. The molecule has 3 aromatic rings. The molecule has 2 aromatic carbocycles. The first-order valence-electron chi connectivity index (χ1n) is 9.37. The van der Waals surface area contributed by atoms with Gasteiger partial charge in [-0.2, -0.15) is 0 Å². The molecule has 0 aliphatic heterocycles. The molecule has 6 nitrogen and oxygen atoms in total. The van der Waals surface area contributed by atoms with Crippen LogP contribution >= 0.6 is 0 Å². The number of carboxylic acid groups (broad SMARTS) is 1. The van der Waals surface area contributed by atoms with Gasteiger partial charge in [-0.15, -0.1) is 0 Å². The summed E-state index contributed by atoms with van der Waals surface area (Å²) < 4.78 is 5.43. The number of aliphatic carboxylic acids is 1. The van der Waals surface area contributed by atoms with Crippen molar-refractivity contribution in [1.82, 2.24) is 4.98 Å². The fourth-order valence-corrected chi connectivity index (χ4v) is 4.12. The lowest BCUT2D eigenvalue weighted by atomic mass is 9.71. The molecule has 0 fully saturated rings. The third kappa shape index (κ3) is 2.87. The first kappa shape index (κ1) is 19.5. The van der Waals surface area contributed by atoms with E-state index in [0.29, 0.717) is 29.0 Å². The van der Waals surface area contributed by atoms with Gasteiger partial charge in [0.15, 0.2) is 5.78 Å². The summed E-state index contributed by atoms with van der Waals surface area (Å²) in [6.45, 7) is 8.12. The number of H-pyrrole nitrogens is 1. The highest BCUT2D eigenvalue weighted by Crippen LogP contribution is 2.45. The molecule has 0 spiro atoms. The number of benzene rings is 2. The Morgan fingerprint density at radius 3 is 2.73 bits per heavy atom. The van der Waals surface area contributed by atoms with E-state index >= 15 is 0 Å². The Balaban J connectivity index is 1.97. The van der Waals surface area contributed by atoms with Gasteiger partial charge < -0.3 is 14.8 Å². The minimum atomic E-state index is -1.25. The number of hydrogen-bond donors (Lipinski definition) is 2. The molecule has 1 heterocycles. The topological polar surface area (TPSA) is 91.8 Å². The third-order valence-corrected chi connectivity index (χ3v) is 5.57. The number of carbonyl (C=O) groups excluding carboxylic acids is 1. The molecule has 0 saturated heterocycles. The highest BCUT2D eigenvalue weighted by atomic mass is 16.5. The number of ketones is 1. The summed E-state index contributed by atoms with van der Waals surface area (Å²) in [6.07, 6.45) is 0. The SMILES string of the molecule is C=NCc1ccc2c3c([nH]c2c1)C(C)(C)c1cc(OC)c(C#CC(=O)O)cc1C3=O. The molecular formula is C24H20N2O4. The van der Waals surface area contributed by atoms with Crippen LogP contribution in [0.3, 0.4) is 0 Å². The highest BCUT2D eigenvalue weighted by Gasteiger charge is 2.40. The van der Waals surface area contributed by atoms with Gasteiger partial charge in [0.25, 0.3) is 0 Å². The molecule has 1 aliphatic carbocycles. The third-order valence-electron chi connectivity index (χ3n) is 5.57. The van der Waals surface area contributed by atoms with E-state index in [0.717, 1.165) is 27.7 Å². The fourth-order valence-electron chi connectivity index (χ4n) is 4.12. The zero-order valence-electron chi connectivity index (χ0n) is 16.9. The molecule has 1 aliphatic rings. The van der Waals surface area contributed by atoms with Crippen LogP contribution in [0.5, 0.6) is 5.75 Å². The molecule has 6 heteroatoms. The van der Waals surface area contributed by atoms with Crippen molar-refractivity contribution >= 4 is 29.4 Å². The Kier molecular flexibility index (Phi) is 4.47. The Bertz CT molecular complexity index is 1300. The second-order valence-electron chi connectivity index (χ2n) is 7.74. The summed E-state index contributed by atoms with van der Waals surface area (Å²) in [5, 5.41) is 9.74. The standard InChI is InChI=1S/C24H20N2O4/c1-24(2)17-11-19(30-4)14(6-8-20(27)28)10-16(17)22(29)21-15-7-5-13(12-25-3)9-18(15)26-23(21)24/h5,7,9-11,26H,3,12H2,1-2,4H3,(H,27,28). The number of nitrogens with one attached hydrogen (secondary N) is 1. The molecule has 4 rings (SSSR count). The van der Waals surface area contributed by atoms with Crippen molar-refractivity contribution in [3.8, 4) is 17.6 Å². The quantitative estimate of drug-likeness (QED) is 0.518. The zero-order chi connectivity index (χ0) is 21.6. The largest absolute Gasteiger partial charge is 0.495 e. The summed E-state index contributed by atoms with van der Waals surface area (Å²) in [5.41, 5.74) is 4.51. The summed E-state index contributed by atoms with van der Waals surface area (Å²) in [6, 6.07) is 9.27. The number of carbonyl (C=O) groups is 2. The number of aromatic nitrogens is 1. The fraction of sp³-hybridized carbons (Fsp3) is 0.208. The monoisotopic (exact) mass is 400 g/mol. The van der Waals surface area contributed by atoms with Crippen molar-refractivity contribution in [3.63, 3.8) is 0 Å². The number of nitrogens with zero attached hydrogens (tertiary/aromatic N) is 1. The maximum atomic E-state index is 13.5. The van der Waals surface area contributed by atoms with E-state index in [-0.39, 0.29) is 5.78 Å². The number of rotatable bonds is 3. The molecule has 0 saturated carbocycles. The van der Waals surface area contributed by atoms with Crippen LogP contribution in [0, 0.1) is 11.8 Å².